The van der Waals surface area contributed by atoms with Gasteiger partial charge in [0.05, 0.1) is 82.3 Å². The van der Waals surface area contributed by atoms with E-state index < -0.39 is 48.2 Å². The molecule has 0 spiro atoms. The third-order valence-corrected chi connectivity index (χ3v) is 15.2. The molecule has 4 aromatic carbocycles. The first kappa shape index (κ1) is 57.9. The van der Waals surface area contributed by atoms with Crippen molar-refractivity contribution in [2.45, 2.75) is 76.8 Å². The molecule has 0 aliphatic carbocycles. The Labute approximate surface area is 469 Å². The highest BCUT2D eigenvalue weighted by molar-refractivity contribution is 6.10. The maximum Gasteiger partial charge on any atom is 0.407 e. The summed E-state index contributed by atoms with van der Waals surface area (Å²) in [6.07, 6.45) is 1.68. The van der Waals surface area contributed by atoms with E-state index in [2.05, 4.69) is 10.6 Å². The van der Waals surface area contributed by atoms with Gasteiger partial charge in [-0.15, -0.1) is 0 Å². The quantitative estimate of drug-likeness (QED) is 0.0673. The van der Waals surface area contributed by atoms with Crippen LogP contribution in [0.3, 0.4) is 0 Å². The summed E-state index contributed by atoms with van der Waals surface area (Å²) in [6.45, 7) is 6.69. The summed E-state index contributed by atoms with van der Waals surface area (Å²) in [6, 6.07) is 18.9. The average Bonchev–Trinajstić information content (AvgIpc) is 4.34. The van der Waals surface area contributed by atoms with Crippen LogP contribution in [0.1, 0.15) is 90.5 Å². The molecule has 4 amide bonds. The lowest BCUT2D eigenvalue weighted by atomic mass is 9.92. The maximum atomic E-state index is 14.8. The predicted molar refractivity (Wildman–Crippen MR) is 296 cm³/mol. The van der Waals surface area contributed by atoms with Crippen LogP contribution in [0.4, 0.5) is 9.59 Å². The second-order valence-corrected chi connectivity index (χ2v) is 20.8. The summed E-state index contributed by atoms with van der Waals surface area (Å²) >= 11 is 0. The second kappa shape index (κ2) is 25.8. The molecule has 2 saturated heterocycles. The smallest absolute Gasteiger partial charge is 0.407 e. The highest BCUT2D eigenvalue weighted by Crippen LogP contribution is 2.45. The van der Waals surface area contributed by atoms with Crippen LogP contribution >= 0.6 is 0 Å². The normalized spacial score (nSPS) is 18.3. The Hall–Kier alpha value is -7.76. The standard InChI is InChI=1S/C59H70N8O14/c1-34(2)51(62-58(72)77-7)57(71)65-35(3)14-19-45(65)55-61-44-18-16-38-26-43-41-17-15-39(25-40(41)31-81-48(43)27-42(38)53(44)67(55)50(69)33-80-23-21-75-5)47-28-60-54(66(47)49(68)32-79-22-20-74-4)46-24-36(30-76-6)29-64(46)56(70)52(63-59(73)78-8)37-12-10-9-11-13-37/h9-13,15-18,25-28,34-36,45-46,51-52H,14,19-24,29-33H2,1-8H3,(H,62,72)(H,63,73)/t35-,36-,45-,46?,51-,52+/m1/s1. The molecule has 1 unspecified atom stereocenters. The van der Waals surface area contributed by atoms with Crippen LogP contribution in [0.15, 0.2) is 79.0 Å². The number of carbonyl (C=O) groups excluding carboxylic acids is 6. The summed E-state index contributed by atoms with van der Waals surface area (Å²) in [5.74, 6) is -0.663. The molecule has 0 bridgehead atoms. The van der Waals surface area contributed by atoms with Gasteiger partial charge >= 0.3 is 12.2 Å². The molecule has 6 atom stereocenters. The summed E-state index contributed by atoms with van der Waals surface area (Å²) in [4.78, 5) is 97.0. The summed E-state index contributed by atoms with van der Waals surface area (Å²) in [5.41, 5.74) is 5.24. The van der Waals surface area contributed by atoms with Gasteiger partial charge in [-0.1, -0.05) is 62.4 Å². The number of hydrogen-bond acceptors (Lipinski definition) is 16. The van der Waals surface area contributed by atoms with Crippen LogP contribution in [-0.4, -0.2) is 165 Å². The van der Waals surface area contributed by atoms with E-state index in [9.17, 15) is 28.8 Å². The van der Waals surface area contributed by atoms with Crippen molar-refractivity contribution in [2.75, 3.05) is 88.3 Å². The van der Waals surface area contributed by atoms with Crippen molar-refractivity contribution >= 4 is 57.6 Å². The Morgan fingerprint density at radius 2 is 1.43 bits per heavy atom. The molecule has 22 nitrogen and oxygen atoms in total. The molecular weight excluding hydrogens is 1040 g/mol. The van der Waals surface area contributed by atoms with E-state index >= 15 is 0 Å². The van der Waals surface area contributed by atoms with Crippen LogP contribution in [-0.2, 0) is 49.4 Å². The first-order chi connectivity index (χ1) is 39.2. The molecule has 81 heavy (non-hydrogen) atoms. The van der Waals surface area contributed by atoms with Crippen molar-refractivity contribution in [3.63, 3.8) is 0 Å². The third-order valence-electron chi connectivity index (χ3n) is 15.2. The Morgan fingerprint density at radius 1 is 0.728 bits per heavy atom. The van der Waals surface area contributed by atoms with E-state index in [0.29, 0.717) is 76.5 Å². The number of ether oxygens (including phenoxy) is 8. The monoisotopic (exact) mass is 1110 g/mol. The fourth-order valence-electron chi connectivity index (χ4n) is 11.3. The topological polar surface area (TPSA) is 242 Å². The zero-order valence-corrected chi connectivity index (χ0v) is 46.9. The molecule has 5 heterocycles. The molecular formula is C59H70N8O14. The molecule has 22 heteroatoms. The first-order valence-electron chi connectivity index (χ1n) is 27.1. The van der Waals surface area contributed by atoms with Gasteiger partial charge in [-0.2, -0.15) is 0 Å². The maximum absolute atomic E-state index is 14.8. The van der Waals surface area contributed by atoms with E-state index in [4.69, 9.17) is 47.9 Å². The van der Waals surface area contributed by atoms with Gasteiger partial charge in [0.2, 0.25) is 5.91 Å². The number of nitrogens with one attached hydrogen (secondary N) is 2. The lowest BCUT2D eigenvalue weighted by Gasteiger charge is -2.33. The van der Waals surface area contributed by atoms with Gasteiger partial charge in [0.15, 0.2) is 0 Å². The Morgan fingerprint density at radius 3 is 2.11 bits per heavy atom. The minimum atomic E-state index is -1.11. The van der Waals surface area contributed by atoms with E-state index in [1.807, 2.05) is 69.3 Å². The SMILES string of the molecule is COCCOCC(=O)n1c(-c2ccc3c(c2)COc2cc4c(ccc5nc([C@H]6CC[C@@H](C)N6C(=O)[C@H](NC(=O)OC)C(C)C)n(C(=O)COCCOC)c54)cc2-3)cnc1C1C[C@@H](COC)CN1C(=O)[C@@H](NC(=O)OC)c1ccccc1. The minimum Gasteiger partial charge on any atom is -0.488 e. The van der Waals surface area contributed by atoms with Gasteiger partial charge in [0.1, 0.15) is 49.3 Å². The van der Waals surface area contributed by atoms with Crippen LogP contribution in [0.2, 0.25) is 0 Å². The number of nitrogens with zero attached hydrogens (tertiary/aromatic N) is 6. The Kier molecular flexibility index (Phi) is 18.4. The number of alkyl carbamates (subject to hydrolysis) is 2. The number of likely N-dealkylation sites (tertiary alicyclic amines) is 2. The average molecular weight is 1120 g/mol. The van der Waals surface area contributed by atoms with Crippen molar-refractivity contribution in [1.29, 1.82) is 0 Å². The van der Waals surface area contributed by atoms with Crippen LogP contribution < -0.4 is 15.4 Å². The molecule has 2 N–H and O–H groups in total. The third kappa shape index (κ3) is 12.0. The molecule has 0 saturated carbocycles. The number of benzene rings is 4. The number of aromatic nitrogens is 4. The molecule has 3 aliphatic rings. The largest absolute Gasteiger partial charge is 0.488 e. The lowest BCUT2D eigenvalue weighted by molar-refractivity contribution is -0.137. The fourth-order valence-corrected chi connectivity index (χ4v) is 11.3. The molecule has 430 valence electrons. The highest BCUT2D eigenvalue weighted by atomic mass is 16.5. The molecule has 9 rings (SSSR count). The van der Waals surface area contributed by atoms with Gasteiger partial charge in [-0.25, -0.2) is 19.6 Å². The number of imidazole rings is 2. The van der Waals surface area contributed by atoms with Gasteiger partial charge in [0.25, 0.3) is 17.7 Å². The number of rotatable bonds is 21. The Balaban J connectivity index is 1.10. The number of hydrogen-bond donors (Lipinski definition) is 2. The predicted octanol–water partition coefficient (Wildman–Crippen LogP) is 7.28. The van der Waals surface area contributed by atoms with E-state index in [-0.39, 0.29) is 82.5 Å². The van der Waals surface area contributed by atoms with Gasteiger partial charge in [0, 0.05) is 56.3 Å². The number of amides is 4. The second-order valence-electron chi connectivity index (χ2n) is 20.8. The summed E-state index contributed by atoms with van der Waals surface area (Å²) < 4.78 is 47.1. The first-order valence-corrected chi connectivity index (χ1v) is 27.1. The zero-order chi connectivity index (χ0) is 57.5. The van der Waals surface area contributed by atoms with Crippen molar-refractivity contribution < 1.29 is 66.7 Å². The molecule has 6 aromatic rings. The summed E-state index contributed by atoms with van der Waals surface area (Å²) in [7, 11) is 7.17. The van der Waals surface area contributed by atoms with Crippen LogP contribution in [0.25, 0.3) is 44.2 Å². The lowest BCUT2D eigenvalue weighted by Crippen LogP contribution is -2.52. The van der Waals surface area contributed by atoms with Crippen LogP contribution in [0.5, 0.6) is 5.75 Å². The van der Waals surface area contributed by atoms with Crippen molar-refractivity contribution in [3.05, 3.63) is 102 Å². The minimum absolute atomic E-state index is 0.130. The number of methoxy groups -OCH3 is 5. The number of fused-ring (bicyclic) bond motifs is 6. The van der Waals surface area contributed by atoms with Crippen molar-refractivity contribution in [1.82, 2.24) is 39.5 Å². The van der Waals surface area contributed by atoms with Crippen molar-refractivity contribution in [3.8, 4) is 28.1 Å². The highest BCUT2D eigenvalue weighted by Gasteiger charge is 2.45. The van der Waals surface area contributed by atoms with Gasteiger partial charge < -0.3 is 58.3 Å². The number of carbonyl (C=O) groups is 6. The van der Waals surface area contributed by atoms with Gasteiger partial charge in [-0.05, 0) is 78.4 Å². The molecule has 2 fully saturated rings. The van der Waals surface area contributed by atoms with Crippen LogP contribution in [0, 0.1) is 11.8 Å². The van der Waals surface area contributed by atoms with Gasteiger partial charge in [-0.3, -0.25) is 28.3 Å². The fraction of sp³-hybridized carbons (Fsp3) is 0.458. The summed E-state index contributed by atoms with van der Waals surface area (Å²) in [5, 5.41) is 6.91. The van der Waals surface area contributed by atoms with E-state index in [1.54, 1.807) is 66.2 Å². The molecule has 3 aliphatic heterocycles. The van der Waals surface area contributed by atoms with Crippen molar-refractivity contribution in [2.24, 2.45) is 11.8 Å². The Bertz CT molecular complexity index is 3290. The molecule has 0 radical (unpaired) electrons. The molecule has 2 aromatic heterocycles. The van der Waals surface area contributed by atoms with E-state index in [1.165, 1.54) is 18.8 Å². The van der Waals surface area contributed by atoms with E-state index in [0.717, 1.165) is 22.1 Å². The zero-order valence-electron chi connectivity index (χ0n) is 46.9.